The van der Waals surface area contributed by atoms with E-state index in [1.54, 1.807) is 0 Å². The van der Waals surface area contributed by atoms with Crippen LogP contribution in [0.1, 0.15) is 25.3 Å². The number of nitrogens with two attached hydrogens (primary N) is 1. The first-order chi connectivity index (χ1) is 9.28. The van der Waals surface area contributed by atoms with Gasteiger partial charge in [0.1, 0.15) is 0 Å². The van der Waals surface area contributed by atoms with E-state index in [4.69, 9.17) is 5.73 Å². The fourth-order valence-electron chi connectivity index (χ4n) is 2.50. The van der Waals surface area contributed by atoms with Gasteiger partial charge in [0, 0.05) is 32.2 Å². The number of nitrogens with one attached hydrogen (secondary N) is 1. The second kappa shape index (κ2) is 7.14. The molecule has 0 radical (unpaired) electrons. The number of nitrogens with zero attached hydrogens (tertiary/aromatic N) is 2. The van der Waals surface area contributed by atoms with Crippen LogP contribution in [-0.2, 0) is 6.54 Å². The topological polar surface area (TPSA) is 53.6 Å². The summed E-state index contributed by atoms with van der Waals surface area (Å²) in [5.41, 5.74) is 7.19. The van der Waals surface area contributed by atoms with Crippen LogP contribution in [0.5, 0.6) is 0 Å². The SMILES string of the molecule is CCN=C(N)NC1CCN(Cc2ccccc2)CC1. The van der Waals surface area contributed by atoms with E-state index < -0.39 is 0 Å². The molecule has 1 fully saturated rings. The molecule has 1 heterocycles. The molecular weight excluding hydrogens is 236 g/mol. The van der Waals surface area contributed by atoms with E-state index >= 15 is 0 Å². The van der Waals surface area contributed by atoms with Crippen LogP contribution in [0.3, 0.4) is 0 Å². The Labute approximate surface area is 115 Å². The summed E-state index contributed by atoms with van der Waals surface area (Å²) in [5.74, 6) is 0.587. The predicted octanol–water partition coefficient (Wildman–Crippen LogP) is 1.58. The Bertz CT molecular complexity index is 394. The van der Waals surface area contributed by atoms with Crippen molar-refractivity contribution in [2.75, 3.05) is 19.6 Å². The number of aliphatic imine (C=N–C) groups is 1. The van der Waals surface area contributed by atoms with Crippen LogP contribution in [0.15, 0.2) is 35.3 Å². The van der Waals surface area contributed by atoms with Gasteiger partial charge in [-0.2, -0.15) is 0 Å². The van der Waals surface area contributed by atoms with Crippen molar-refractivity contribution in [3.63, 3.8) is 0 Å². The average Bonchev–Trinajstić information content (AvgIpc) is 2.42. The standard InChI is InChI=1S/C15H24N4/c1-2-17-15(16)18-14-8-10-19(11-9-14)12-13-6-4-3-5-7-13/h3-7,14H,2,8-12H2,1H3,(H3,16,17,18). The molecule has 2 rings (SSSR count). The zero-order valence-electron chi connectivity index (χ0n) is 11.7. The van der Waals surface area contributed by atoms with Crippen molar-refractivity contribution in [3.05, 3.63) is 35.9 Å². The Balaban J connectivity index is 1.75. The molecule has 0 amide bonds. The Morgan fingerprint density at radius 1 is 1.32 bits per heavy atom. The third-order valence-corrected chi connectivity index (χ3v) is 3.52. The molecule has 0 bridgehead atoms. The van der Waals surface area contributed by atoms with E-state index in [9.17, 15) is 0 Å². The average molecular weight is 260 g/mol. The van der Waals surface area contributed by atoms with Gasteiger partial charge in [-0.05, 0) is 25.3 Å². The third kappa shape index (κ3) is 4.56. The van der Waals surface area contributed by atoms with Gasteiger partial charge < -0.3 is 11.1 Å². The quantitative estimate of drug-likeness (QED) is 0.638. The van der Waals surface area contributed by atoms with Crippen LogP contribution in [0.25, 0.3) is 0 Å². The Morgan fingerprint density at radius 3 is 2.63 bits per heavy atom. The highest BCUT2D eigenvalue weighted by molar-refractivity contribution is 5.78. The van der Waals surface area contributed by atoms with Gasteiger partial charge in [-0.3, -0.25) is 9.89 Å². The number of hydrogen-bond donors (Lipinski definition) is 2. The van der Waals surface area contributed by atoms with Crippen molar-refractivity contribution in [2.24, 2.45) is 10.7 Å². The van der Waals surface area contributed by atoms with Gasteiger partial charge in [-0.15, -0.1) is 0 Å². The van der Waals surface area contributed by atoms with E-state index in [0.29, 0.717) is 12.0 Å². The molecule has 0 atom stereocenters. The summed E-state index contributed by atoms with van der Waals surface area (Å²) in [6.07, 6.45) is 2.26. The maximum absolute atomic E-state index is 5.80. The highest BCUT2D eigenvalue weighted by Gasteiger charge is 2.19. The number of piperidine rings is 1. The van der Waals surface area contributed by atoms with Gasteiger partial charge in [0.15, 0.2) is 5.96 Å². The number of benzene rings is 1. The molecule has 1 aromatic carbocycles. The first-order valence-corrected chi connectivity index (χ1v) is 7.10. The maximum atomic E-state index is 5.80. The number of hydrogen-bond acceptors (Lipinski definition) is 2. The van der Waals surface area contributed by atoms with E-state index in [0.717, 1.165) is 39.0 Å². The molecule has 0 saturated carbocycles. The molecular formula is C15H24N4. The van der Waals surface area contributed by atoms with Crippen molar-refractivity contribution < 1.29 is 0 Å². The number of guanidine groups is 1. The molecule has 19 heavy (non-hydrogen) atoms. The smallest absolute Gasteiger partial charge is 0.188 e. The summed E-state index contributed by atoms with van der Waals surface area (Å²) < 4.78 is 0. The van der Waals surface area contributed by atoms with Crippen LogP contribution < -0.4 is 11.1 Å². The molecule has 0 unspecified atom stereocenters. The van der Waals surface area contributed by atoms with Crippen molar-refractivity contribution in [2.45, 2.75) is 32.4 Å². The van der Waals surface area contributed by atoms with E-state index in [1.165, 1.54) is 5.56 Å². The van der Waals surface area contributed by atoms with Crippen molar-refractivity contribution >= 4 is 5.96 Å². The normalized spacial score (nSPS) is 18.5. The van der Waals surface area contributed by atoms with Gasteiger partial charge in [0.25, 0.3) is 0 Å². The molecule has 0 aliphatic carbocycles. The second-order valence-corrected chi connectivity index (χ2v) is 5.04. The fraction of sp³-hybridized carbons (Fsp3) is 0.533. The monoisotopic (exact) mass is 260 g/mol. The Kier molecular flexibility index (Phi) is 5.21. The molecule has 4 nitrogen and oxygen atoms in total. The Hall–Kier alpha value is -1.55. The molecule has 1 aliphatic heterocycles. The van der Waals surface area contributed by atoms with Crippen LogP contribution in [-0.4, -0.2) is 36.5 Å². The molecule has 1 aromatic rings. The van der Waals surface area contributed by atoms with Crippen LogP contribution in [0, 0.1) is 0 Å². The maximum Gasteiger partial charge on any atom is 0.188 e. The van der Waals surface area contributed by atoms with Gasteiger partial charge in [0.05, 0.1) is 0 Å². The molecule has 0 spiro atoms. The minimum Gasteiger partial charge on any atom is -0.370 e. The lowest BCUT2D eigenvalue weighted by molar-refractivity contribution is 0.199. The number of rotatable bonds is 4. The summed E-state index contributed by atoms with van der Waals surface area (Å²) in [5, 5.41) is 3.31. The zero-order valence-corrected chi connectivity index (χ0v) is 11.7. The highest BCUT2D eigenvalue weighted by Crippen LogP contribution is 2.13. The lowest BCUT2D eigenvalue weighted by Crippen LogP contribution is -2.46. The largest absolute Gasteiger partial charge is 0.370 e. The first kappa shape index (κ1) is 13.9. The number of likely N-dealkylation sites (tertiary alicyclic amines) is 1. The summed E-state index contributed by atoms with van der Waals surface area (Å²) in [7, 11) is 0. The first-order valence-electron chi connectivity index (χ1n) is 7.10. The lowest BCUT2D eigenvalue weighted by Gasteiger charge is -2.32. The summed E-state index contributed by atoms with van der Waals surface area (Å²) >= 11 is 0. The van der Waals surface area contributed by atoms with Crippen LogP contribution in [0.4, 0.5) is 0 Å². The summed E-state index contributed by atoms with van der Waals surface area (Å²) in [6.45, 7) is 6.02. The van der Waals surface area contributed by atoms with Crippen molar-refractivity contribution in [3.8, 4) is 0 Å². The van der Waals surface area contributed by atoms with Gasteiger partial charge >= 0.3 is 0 Å². The highest BCUT2D eigenvalue weighted by atomic mass is 15.2. The van der Waals surface area contributed by atoms with E-state index in [2.05, 4.69) is 45.5 Å². The molecule has 1 saturated heterocycles. The minimum absolute atomic E-state index is 0.474. The molecule has 3 N–H and O–H groups in total. The van der Waals surface area contributed by atoms with E-state index in [1.807, 2.05) is 6.92 Å². The van der Waals surface area contributed by atoms with E-state index in [-0.39, 0.29) is 0 Å². The van der Waals surface area contributed by atoms with Crippen molar-refractivity contribution in [1.82, 2.24) is 10.2 Å². The van der Waals surface area contributed by atoms with Crippen LogP contribution >= 0.6 is 0 Å². The Morgan fingerprint density at radius 2 is 2.00 bits per heavy atom. The minimum atomic E-state index is 0.474. The fourth-order valence-corrected chi connectivity index (χ4v) is 2.50. The van der Waals surface area contributed by atoms with Gasteiger partial charge in [-0.1, -0.05) is 30.3 Å². The predicted molar refractivity (Wildman–Crippen MR) is 80.0 cm³/mol. The molecule has 1 aliphatic rings. The third-order valence-electron chi connectivity index (χ3n) is 3.52. The van der Waals surface area contributed by atoms with Crippen molar-refractivity contribution in [1.29, 1.82) is 0 Å². The van der Waals surface area contributed by atoms with Gasteiger partial charge in [0.2, 0.25) is 0 Å². The van der Waals surface area contributed by atoms with Crippen LogP contribution in [0.2, 0.25) is 0 Å². The molecule has 104 valence electrons. The van der Waals surface area contributed by atoms with Gasteiger partial charge in [-0.25, -0.2) is 0 Å². The lowest BCUT2D eigenvalue weighted by atomic mass is 10.0. The zero-order chi connectivity index (χ0) is 13.5. The molecule has 0 aromatic heterocycles. The molecule has 4 heteroatoms. The summed E-state index contributed by atoms with van der Waals surface area (Å²) in [4.78, 5) is 6.68. The second-order valence-electron chi connectivity index (χ2n) is 5.04. The summed E-state index contributed by atoms with van der Waals surface area (Å²) in [6, 6.07) is 11.1.